The molecule has 1 saturated heterocycles. The highest BCUT2D eigenvalue weighted by Gasteiger charge is 2.19. The maximum Gasteiger partial charge on any atom is 0.271 e. The number of nitrogens with one attached hydrogen (secondary N) is 1. The molecule has 1 aromatic carbocycles. The van der Waals surface area contributed by atoms with Gasteiger partial charge in [-0.05, 0) is 31.4 Å². The van der Waals surface area contributed by atoms with Gasteiger partial charge in [0.2, 0.25) is 0 Å². The number of aromatic amines is 1. The van der Waals surface area contributed by atoms with Crippen molar-refractivity contribution < 1.29 is 5.11 Å². The fourth-order valence-corrected chi connectivity index (χ4v) is 2.71. The summed E-state index contributed by atoms with van der Waals surface area (Å²) in [6.07, 6.45) is 1.23. The van der Waals surface area contributed by atoms with Crippen molar-refractivity contribution in [1.82, 2.24) is 4.98 Å². The SMILES string of the molecule is Cc1cccc2cc(N3CCC(O)CC3)c(=O)[nH]c12.Cl. The van der Waals surface area contributed by atoms with Gasteiger partial charge in [-0.3, -0.25) is 4.79 Å². The van der Waals surface area contributed by atoms with Crippen LogP contribution in [0.1, 0.15) is 18.4 Å². The Bertz CT molecular complexity index is 660. The number of aryl methyl sites for hydroxylation is 1. The first-order chi connectivity index (χ1) is 9.15. The van der Waals surface area contributed by atoms with Crippen LogP contribution >= 0.6 is 12.4 Å². The van der Waals surface area contributed by atoms with E-state index in [2.05, 4.69) is 9.88 Å². The molecule has 0 saturated carbocycles. The summed E-state index contributed by atoms with van der Waals surface area (Å²) in [5.41, 5.74) is 2.66. The summed E-state index contributed by atoms with van der Waals surface area (Å²) in [7, 11) is 0. The van der Waals surface area contributed by atoms with Gasteiger partial charge in [0.15, 0.2) is 0 Å². The number of aliphatic hydroxyl groups excluding tert-OH is 1. The van der Waals surface area contributed by atoms with Gasteiger partial charge >= 0.3 is 0 Å². The number of halogens is 1. The van der Waals surface area contributed by atoms with Gasteiger partial charge in [-0.15, -0.1) is 12.4 Å². The van der Waals surface area contributed by atoms with Gasteiger partial charge in [-0.25, -0.2) is 0 Å². The first kappa shape index (κ1) is 14.9. The third-order valence-corrected chi connectivity index (χ3v) is 3.87. The van der Waals surface area contributed by atoms with Crippen molar-refractivity contribution in [1.29, 1.82) is 0 Å². The number of piperidine rings is 1. The summed E-state index contributed by atoms with van der Waals surface area (Å²) in [6, 6.07) is 7.97. The first-order valence-electron chi connectivity index (χ1n) is 6.71. The molecule has 0 atom stereocenters. The first-order valence-corrected chi connectivity index (χ1v) is 6.71. The Kier molecular flexibility index (Phi) is 4.35. The van der Waals surface area contributed by atoms with Gasteiger partial charge in [-0.1, -0.05) is 18.2 Å². The second kappa shape index (κ2) is 5.85. The zero-order valence-corrected chi connectivity index (χ0v) is 12.2. The molecule has 1 fully saturated rings. The molecular formula is C15H19ClN2O2. The Morgan fingerprint density at radius 1 is 1.30 bits per heavy atom. The molecule has 0 amide bonds. The largest absolute Gasteiger partial charge is 0.393 e. The summed E-state index contributed by atoms with van der Waals surface area (Å²) in [5, 5.41) is 10.6. The third kappa shape index (κ3) is 2.67. The highest BCUT2D eigenvalue weighted by Crippen LogP contribution is 2.21. The van der Waals surface area contributed by atoms with Crippen LogP contribution in [0.4, 0.5) is 5.69 Å². The second-order valence-corrected chi connectivity index (χ2v) is 5.24. The monoisotopic (exact) mass is 294 g/mol. The number of pyridine rings is 1. The number of aliphatic hydroxyl groups is 1. The number of fused-ring (bicyclic) bond motifs is 1. The standard InChI is InChI=1S/C15H18N2O2.ClH/c1-10-3-2-4-11-9-13(15(19)16-14(10)11)17-7-5-12(18)6-8-17;/h2-4,9,12,18H,5-8H2,1H3,(H,16,19);1H. The number of rotatable bonds is 1. The molecule has 108 valence electrons. The van der Waals surface area contributed by atoms with Crippen LogP contribution in [-0.2, 0) is 0 Å². The smallest absolute Gasteiger partial charge is 0.271 e. The van der Waals surface area contributed by atoms with Gasteiger partial charge in [0.05, 0.1) is 11.6 Å². The molecule has 0 radical (unpaired) electrons. The Balaban J connectivity index is 0.00000147. The highest BCUT2D eigenvalue weighted by molar-refractivity contribution is 5.85. The zero-order chi connectivity index (χ0) is 13.4. The van der Waals surface area contributed by atoms with Crippen molar-refractivity contribution >= 4 is 29.0 Å². The minimum atomic E-state index is -0.224. The van der Waals surface area contributed by atoms with Gasteiger partial charge in [-0.2, -0.15) is 0 Å². The third-order valence-electron chi connectivity index (χ3n) is 3.87. The molecule has 1 aliphatic heterocycles. The van der Waals surface area contributed by atoms with E-state index in [9.17, 15) is 9.90 Å². The number of nitrogens with zero attached hydrogens (tertiary/aromatic N) is 1. The number of para-hydroxylation sites is 1. The topological polar surface area (TPSA) is 56.3 Å². The molecule has 0 spiro atoms. The normalized spacial score (nSPS) is 16.2. The van der Waals surface area contributed by atoms with Crippen LogP contribution in [-0.4, -0.2) is 29.3 Å². The average Bonchev–Trinajstić information content (AvgIpc) is 2.40. The van der Waals surface area contributed by atoms with E-state index in [-0.39, 0.29) is 24.1 Å². The van der Waals surface area contributed by atoms with Crippen LogP contribution in [0.25, 0.3) is 10.9 Å². The van der Waals surface area contributed by atoms with Crippen LogP contribution in [0.2, 0.25) is 0 Å². The van der Waals surface area contributed by atoms with E-state index in [0.29, 0.717) is 5.69 Å². The van der Waals surface area contributed by atoms with Crippen LogP contribution in [0, 0.1) is 6.92 Å². The average molecular weight is 295 g/mol. The van der Waals surface area contributed by atoms with Crippen molar-refractivity contribution in [3.05, 3.63) is 40.2 Å². The minimum absolute atomic E-state index is 0. The van der Waals surface area contributed by atoms with E-state index in [4.69, 9.17) is 0 Å². The Morgan fingerprint density at radius 3 is 2.70 bits per heavy atom. The number of benzene rings is 1. The Hall–Kier alpha value is -1.52. The van der Waals surface area contributed by atoms with Crippen LogP contribution in [0.15, 0.2) is 29.1 Å². The van der Waals surface area contributed by atoms with Gasteiger partial charge < -0.3 is 15.0 Å². The van der Waals surface area contributed by atoms with Crippen LogP contribution in [0.5, 0.6) is 0 Å². The fourth-order valence-electron chi connectivity index (χ4n) is 2.71. The van der Waals surface area contributed by atoms with Gasteiger partial charge in [0, 0.05) is 18.5 Å². The molecule has 20 heavy (non-hydrogen) atoms. The van der Waals surface area contributed by atoms with Crippen molar-refractivity contribution in [2.24, 2.45) is 0 Å². The molecule has 2 N–H and O–H groups in total. The lowest BCUT2D eigenvalue weighted by atomic mass is 10.1. The van der Waals surface area contributed by atoms with E-state index in [1.807, 2.05) is 31.2 Å². The van der Waals surface area contributed by atoms with Crippen LogP contribution in [0.3, 0.4) is 0 Å². The minimum Gasteiger partial charge on any atom is -0.393 e. The van der Waals surface area contributed by atoms with Crippen LogP contribution < -0.4 is 10.5 Å². The Morgan fingerprint density at radius 2 is 2.00 bits per heavy atom. The molecular weight excluding hydrogens is 276 g/mol. The summed E-state index contributed by atoms with van der Waals surface area (Å²) in [4.78, 5) is 17.2. The van der Waals surface area contributed by atoms with E-state index < -0.39 is 0 Å². The number of anilines is 1. The Labute approximate surface area is 123 Å². The van der Waals surface area contributed by atoms with E-state index >= 15 is 0 Å². The lowest BCUT2D eigenvalue weighted by molar-refractivity contribution is 0.145. The van der Waals surface area contributed by atoms with Gasteiger partial charge in [0.1, 0.15) is 5.69 Å². The molecule has 3 rings (SSSR count). The lowest BCUT2D eigenvalue weighted by Crippen LogP contribution is -2.38. The highest BCUT2D eigenvalue weighted by atomic mass is 35.5. The number of aromatic nitrogens is 1. The zero-order valence-electron chi connectivity index (χ0n) is 11.4. The van der Waals surface area contributed by atoms with Crippen molar-refractivity contribution in [2.45, 2.75) is 25.9 Å². The molecule has 2 heterocycles. The number of hydrogen-bond acceptors (Lipinski definition) is 3. The van der Waals surface area contributed by atoms with Crippen molar-refractivity contribution in [2.75, 3.05) is 18.0 Å². The predicted octanol–water partition coefficient (Wildman–Crippen LogP) is 2.22. The molecule has 0 bridgehead atoms. The quantitative estimate of drug-likeness (QED) is 0.848. The maximum atomic E-state index is 12.2. The predicted molar refractivity (Wildman–Crippen MR) is 84.0 cm³/mol. The maximum absolute atomic E-state index is 12.2. The molecule has 0 aliphatic carbocycles. The molecule has 0 unspecified atom stereocenters. The summed E-state index contributed by atoms with van der Waals surface area (Å²) in [5.74, 6) is 0. The lowest BCUT2D eigenvalue weighted by Gasteiger charge is -2.30. The van der Waals surface area contributed by atoms with Gasteiger partial charge in [0.25, 0.3) is 5.56 Å². The fraction of sp³-hybridized carbons (Fsp3) is 0.400. The number of hydrogen-bond donors (Lipinski definition) is 2. The molecule has 1 aliphatic rings. The summed E-state index contributed by atoms with van der Waals surface area (Å²) < 4.78 is 0. The summed E-state index contributed by atoms with van der Waals surface area (Å²) >= 11 is 0. The van der Waals surface area contributed by atoms with Crippen molar-refractivity contribution in [3.63, 3.8) is 0 Å². The number of H-pyrrole nitrogens is 1. The van der Waals surface area contributed by atoms with E-state index in [0.717, 1.165) is 42.4 Å². The molecule has 2 aromatic rings. The molecule has 4 nitrogen and oxygen atoms in total. The summed E-state index contributed by atoms with van der Waals surface area (Å²) in [6.45, 7) is 3.47. The van der Waals surface area contributed by atoms with Crippen molar-refractivity contribution in [3.8, 4) is 0 Å². The van der Waals surface area contributed by atoms with E-state index in [1.54, 1.807) is 0 Å². The molecule has 1 aromatic heterocycles. The van der Waals surface area contributed by atoms with E-state index in [1.165, 1.54) is 0 Å². The molecule has 5 heteroatoms. The second-order valence-electron chi connectivity index (χ2n) is 5.24.